The number of nitrogens with one attached hydrogen (secondary N) is 2. The van der Waals surface area contributed by atoms with Crippen molar-refractivity contribution in [3.8, 4) is 0 Å². The van der Waals surface area contributed by atoms with E-state index in [-0.39, 0.29) is 30.8 Å². The maximum Gasteiger partial charge on any atom is 0.416 e. The Labute approximate surface area is 218 Å². The van der Waals surface area contributed by atoms with Crippen LogP contribution in [-0.4, -0.2) is 55.7 Å². The summed E-state index contributed by atoms with van der Waals surface area (Å²) in [6, 6.07) is 4.66. The SMILES string of the molecule is CCCCS(=O)(=O)CC(N)C(=O)NC(Cc1cc(F)cc(F)c1)C(O)CNCc1cccc(C(F)(F)F)c1. The van der Waals surface area contributed by atoms with E-state index in [1.807, 2.05) is 6.92 Å². The lowest BCUT2D eigenvalue weighted by molar-refractivity contribution is -0.137. The van der Waals surface area contributed by atoms with E-state index in [2.05, 4.69) is 10.6 Å². The average Bonchev–Trinajstić information content (AvgIpc) is 2.81. The third-order valence-electron chi connectivity index (χ3n) is 5.69. The number of alkyl halides is 3. The highest BCUT2D eigenvalue weighted by molar-refractivity contribution is 7.91. The third-order valence-corrected chi connectivity index (χ3v) is 7.46. The Balaban J connectivity index is 2.11. The van der Waals surface area contributed by atoms with Gasteiger partial charge < -0.3 is 21.5 Å². The number of carbonyl (C=O) groups excluding carboxylic acids is 1. The van der Waals surface area contributed by atoms with Crippen molar-refractivity contribution in [2.45, 2.75) is 57.1 Å². The lowest BCUT2D eigenvalue weighted by Crippen LogP contribution is -2.54. The number of hydrogen-bond acceptors (Lipinski definition) is 6. The number of unbranched alkanes of at least 4 members (excludes halogenated alkanes) is 1. The van der Waals surface area contributed by atoms with Crippen LogP contribution in [0.15, 0.2) is 42.5 Å². The predicted molar refractivity (Wildman–Crippen MR) is 133 cm³/mol. The second kappa shape index (κ2) is 14.0. The molecule has 0 aliphatic rings. The molecule has 0 saturated heterocycles. The van der Waals surface area contributed by atoms with Gasteiger partial charge in [-0.2, -0.15) is 13.2 Å². The van der Waals surface area contributed by atoms with Gasteiger partial charge in [0, 0.05) is 19.2 Å². The third kappa shape index (κ3) is 10.6. The number of benzene rings is 2. The molecule has 0 saturated carbocycles. The van der Waals surface area contributed by atoms with E-state index in [1.165, 1.54) is 12.1 Å². The van der Waals surface area contributed by atoms with Gasteiger partial charge in [0.15, 0.2) is 9.84 Å². The fraction of sp³-hybridized carbons (Fsp3) is 0.480. The minimum absolute atomic E-state index is 0.0502. The first-order valence-corrected chi connectivity index (χ1v) is 13.8. The highest BCUT2D eigenvalue weighted by atomic mass is 32.2. The van der Waals surface area contributed by atoms with Crippen LogP contribution in [0.25, 0.3) is 0 Å². The number of nitrogens with two attached hydrogens (primary N) is 1. The molecule has 2 aromatic carbocycles. The lowest BCUT2D eigenvalue weighted by atomic mass is 10.00. The molecule has 5 N–H and O–H groups in total. The molecule has 3 unspecified atom stereocenters. The molecule has 0 aliphatic carbocycles. The molecule has 212 valence electrons. The zero-order valence-electron chi connectivity index (χ0n) is 20.8. The van der Waals surface area contributed by atoms with Gasteiger partial charge in [0.05, 0.1) is 35.3 Å². The van der Waals surface area contributed by atoms with Crippen molar-refractivity contribution < 1.29 is 40.3 Å². The van der Waals surface area contributed by atoms with Crippen LogP contribution in [0.2, 0.25) is 0 Å². The first-order chi connectivity index (χ1) is 17.7. The van der Waals surface area contributed by atoms with E-state index in [0.29, 0.717) is 24.5 Å². The molecule has 0 heterocycles. The molecule has 38 heavy (non-hydrogen) atoms. The average molecular weight is 566 g/mol. The lowest BCUT2D eigenvalue weighted by Gasteiger charge is -2.26. The summed E-state index contributed by atoms with van der Waals surface area (Å²) in [4.78, 5) is 12.7. The van der Waals surface area contributed by atoms with Gasteiger partial charge in [-0.3, -0.25) is 4.79 Å². The summed E-state index contributed by atoms with van der Waals surface area (Å²) in [5.41, 5.74) is 5.35. The standard InChI is InChI=1S/C25H32F5N3O4S/c1-2-3-7-38(36,37)15-21(31)24(35)33-22(11-17-9-19(26)12-20(27)10-17)23(34)14-32-13-16-5-4-6-18(8-16)25(28,29)30/h4-6,8-10,12,21-23,32,34H,2-3,7,11,13-15,31H2,1H3,(H,33,35). The Bertz CT molecular complexity index is 1160. The highest BCUT2D eigenvalue weighted by Gasteiger charge is 2.30. The van der Waals surface area contributed by atoms with Crippen LogP contribution in [0.5, 0.6) is 0 Å². The molecule has 0 radical (unpaired) electrons. The number of rotatable bonds is 14. The molecule has 1 amide bonds. The molecule has 7 nitrogen and oxygen atoms in total. The summed E-state index contributed by atoms with van der Waals surface area (Å²) < 4.78 is 90.6. The topological polar surface area (TPSA) is 122 Å². The van der Waals surface area contributed by atoms with Crippen LogP contribution < -0.4 is 16.4 Å². The zero-order chi connectivity index (χ0) is 28.5. The van der Waals surface area contributed by atoms with Gasteiger partial charge >= 0.3 is 6.18 Å². The van der Waals surface area contributed by atoms with E-state index in [9.17, 15) is 40.3 Å². The Hall–Kier alpha value is -2.61. The summed E-state index contributed by atoms with van der Waals surface area (Å²) in [7, 11) is -3.61. The van der Waals surface area contributed by atoms with Crippen LogP contribution in [0, 0.1) is 11.6 Å². The summed E-state index contributed by atoms with van der Waals surface area (Å²) >= 11 is 0. The van der Waals surface area contributed by atoms with Crippen LogP contribution >= 0.6 is 0 Å². The maximum atomic E-state index is 13.7. The van der Waals surface area contributed by atoms with E-state index in [0.717, 1.165) is 24.3 Å². The van der Waals surface area contributed by atoms with Crippen molar-refractivity contribution >= 4 is 15.7 Å². The second-order valence-corrected chi connectivity index (χ2v) is 11.3. The van der Waals surface area contributed by atoms with Crippen LogP contribution in [0.3, 0.4) is 0 Å². The molecule has 0 bridgehead atoms. The largest absolute Gasteiger partial charge is 0.416 e. The van der Waals surface area contributed by atoms with Gasteiger partial charge in [0.25, 0.3) is 0 Å². The molecule has 0 aromatic heterocycles. The maximum absolute atomic E-state index is 13.7. The number of aliphatic hydroxyl groups excluding tert-OH is 1. The number of sulfone groups is 1. The van der Waals surface area contributed by atoms with Crippen LogP contribution in [0.4, 0.5) is 22.0 Å². The molecule has 0 aliphatic heterocycles. The summed E-state index contributed by atoms with van der Waals surface area (Å²) in [6.45, 7) is 1.54. The van der Waals surface area contributed by atoms with Crippen molar-refractivity contribution in [3.05, 3.63) is 70.8 Å². The zero-order valence-corrected chi connectivity index (χ0v) is 21.6. The van der Waals surface area contributed by atoms with Crippen molar-refractivity contribution in [3.63, 3.8) is 0 Å². The molecular weight excluding hydrogens is 533 g/mol. The normalized spacial score (nSPS) is 14.6. The Morgan fingerprint density at radius 3 is 2.34 bits per heavy atom. The van der Waals surface area contributed by atoms with Gasteiger partial charge in [-0.25, -0.2) is 17.2 Å². The molecule has 2 rings (SSSR count). The smallest absolute Gasteiger partial charge is 0.390 e. The molecule has 3 atom stereocenters. The minimum Gasteiger partial charge on any atom is -0.390 e. The van der Waals surface area contributed by atoms with Gasteiger partial charge in [0.2, 0.25) is 5.91 Å². The van der Waals surface area contributed by atoms with Crippen LogP contribution in [0.1, 0.15) is 36.5 Å². The molecule has 13 heteroatoms. The number of carbonyl (C=O) groups is 1. The van der Waals surface area contributed by atoms with Crippen molar-refractivity contribution in [2.24, 2.45) is 5.73 Å². The molecular formula is C25H32F5N3O4S. The molecule has 0 spiro atoms. The van der Waals surface area contributed by atoms with Crippen molar-refractivity contribution in [1.82, 2.24) is 10.6 Å². The molecule has 2 aromatic rings. The van der Waals surface area contributed by atoms with Gasteiger partial charge in [-0.05, 0) is 42.2 Å². The number of halogens is 5. The van der Waals surface area contributed by atoms with E-state index < -0.39 is 63.1 Å². The fourth-order valence-electron chi connectivity index (χ4n) is 3.72. The monoisotopic (exact) mass is 565 g/mol. The van der Waals surface area contributed by atoms with E-state index >= 15 is 0 Å². The minimum atomic E-state index is -4.52. The Morgan fingerprint density at radius 2 is 1.74 bits per heavy atom. The highest BCUT2D eigenvalue weighted by Crippen LogP contribution is 2.29. The number of aliphatic hydroxyl groups is 1. The van der Waals surface area contributed by atoms with Gasteiger partial charge in [-0.15, -0.1) is 0 Å². The predicted octanol–water partition coefficient (Wildman–Crippen LogP) is 2.70. The first-order valence-electron chi connectivity index (χ1n) is 12.0. The van der Waals surface area contributed by atoms with E-state index in [4.69, 9.17) is 5.73 Å². The first kappa shape index (κ1) is 31.6. The van der Waals surface area contributed by atoms with Gasteiger partial charge in [0.1, 0.15) is 11.6 Å². The fourth-order valence-corrected chi connectivity index (χ4v) is 5.31. The van der Waals surface area contributed by atoms with Crippen molar-refractivity contribution in [2.75, 3.05) is 18.1 Å². The quantitative estimate of drug-likeness (QED) is 0.262. The Kier molecular flexibility index (Phi) is 11.6. The summed E-state index contributed by atoms with van der Waals surface area (Å²) in [5, 5.41) is 16.0. The Morgan fingerprint density at radius 1 is 1.08 bits per heavy atom. The van der Waals surface area contributed by atoms with Crippen LogP contribution in [-0.2, 0) is 33.8 Å². The van der Waals surface area contributed by atoms with Gasteiger partial charge in [-0.1, -0.05) is 31.5 Å². The summed E-state index contributed by atoms with van der Waals surface area (Å²) in [5.74, 6) is -3.39. The van der Waals surface area contributed by atoms with E-state index in [1.54, 1.807) is 0 Å². The second-order valence-electron chi connectivity index (χ2n) is 9.07. The van der Waals surface area contributed by atoms with Crippen molar-refractivity contribution in [1.29, 1.82) is 0 Å². The number of amides is 1. The summed E-state index contributed by atoms with van der Waals surface area (Å²) in [6.07, 6.45) is -5.09. The number of hydrogen-bond donors (Lipinski definition) is 4. The molecule has 0 fully saturated rings.